The zero-order valence-corrected chi connectivity index (χ0v) is 14.8. The third-order valence-electron chi connectivity index (χ3n) is 3.70. The van der Waals surface area contributed by atoms with Crippen LogP contribution in [0.2, 0.25) is 0 Å². The summed E-state index contributed by atoms with van der Waals surface area (Å²) in [6.07, 6.45) is 4.67. The van der Waals surface area contributed by atoms with Crippen LogP contribution in [0.5, 0.6) is 0 Å². The van der Waals surface area contributed by atoms with E-state index >= 15 is 0 Å². The molecule has 0 radical (unpaired) electrons. The predicted octanol–water partition coefficient (Wildman–Crippen LogP) is 2.12. The summed E-state index contributed by atoms with van der Waals surface area (Å²) in [5.41, 5.74) is 0. The highest BCUT2D eigenvalue weighted by Gasteiger charge is 2.30. The lowest BCUT2D eigenvalue weighted by Crippen LogP contribution is -2.40. The number of carbonyl (C=O) groups is 2. The zero-order chi connectivity index (χ0) is 17.6. The molecule has 0 unspecified atom stereocenters. The molecular weight excluding hydrogens is 342 g/mol. The Labute approximate surface area is 149 Å². The molecule has 1 saturated carbocycles. The number of urea groups is 1. The Morgan fingerprint density at radius 1 is 1.40 bits per heavy atom. The van der Waals surface area contributed by atoms with Crippen molar-refractivity contribution >= 4 is 23.7 Å². The molecule has 0 atom stereocenters. The number of imide groups is 1. The van der Waals surface area contributed by atoms with Crippen LogP contribution in [0.1, 0.15) is 43.7 Å². The maximum Gasteiger partial charge on any atom is 0.321 e. The maximum absolute atomic E-state index is 11.9. The molecule has 0 saturated heterocycles. The molecule has 134 valence electrons. The van der Waals surface area contributed by atoms with E-state index in [4.69, 9.17) is 4.42 Å². The number of amides is 3. The standard InChI is InChI=1S/C16H21N5O3S/c1-2-7-17-15(23)18-13(22)10-25-16-20-19-14(11-5-6-11)21(16)9-12-4-3-8-24-12/h3-4,8,11H,2,5-7,9-10H2,1H3,(H2,17,18,22,23). The Kier molecular flexibility index (Phi) is 5.75. The van der Waals surface area contributed by atoms with Crippen molar-refractivity contribution in [2.45, 2.75) is 43.8 Å². The fourth-order valence-corrected chi connectivity index (χ4v) is 3.08. The minimum atomic E-state index is -0.469. The minimum Gasteiger partial charge on any atom is -0.467 e. The van der Waals surface area contributed by atoms with Gasteiger partial charge in [-0.05, 0) is 31.4 Å². The highest BCUT2D eigenvalue weighted by Crippen LogP contribution is 2.40. The maximum atomic E-state index is 11.9. The third kappa shape index (κ3) is 4.85. The number of aromatic nitrogens is 3. The zero-order valence-electron chi connectivity index (χ0n) is 14.0. The predicted molar refractivity (Wildman–Crippen MR) is 92.4 cm³/mol. The molecule has 2 aromatic rings. The van der Waals surface area contributed by atoms with Crippen molar-refractivity contribution < 1.29 is 14.0 Å². The van der Waals surface area contributed by atoms with Gasteiger partial charge < -0.3 is 9.73 Å². The van der Waals surface area contributed by atoms with Crippen LogP contribution in [-0.2, 0) is 11.3 Å². The Bertz CT molecular complexity index is 724. The van der Waals surface area contributed by atoms with Crippen molar-refractivity contribution in [3.63, 3.8) is 0 Å². The summed E-state index contributed by atoms with van der Waals surface area (Å²) in [6.45, 7) is 3.02. The van der Waals surface area contributed by atoms with E-state index in [1.807, 2.05) is 23.6 Å². The number of rotatable bonds is 8. The summed E-state index contributed by atoms with van der Waals surface area (Å²) in [5, 5.41) is 14.1. The van der Waals surface area contributed by atoms with Gasteiger partial charge in [-0.3, -0.25) is 14.7 Å². The molecule has 8 nitrogen and oxygen atoms in total. The molecule has 1 aliphatic carbocycles. The van der Waals surface area contributed by atoms with Gasteiger partial charge in [-0.15, -0.1) is 10.2 Å². The van der Waals surface area contributed by atoms with Gasteiger partial charge in [-0.2, -0.15) is 0 Å². The van der Waals surface area contributed by atoms with Crippen molar-refractivity contribution in [2.75, 3.05) is 12.3 Å². The van der Waals surface area contributed by atoms with Crippen molar-refractivity contribution in [1.82, 2.24) is 25.4 Å². The second-order valence-corrected chi connectivity index (χ2v) is 6.82. The molecule has 2 N–H and O–H groups in total. The number of hydrogen-bond donors (Lipinski definition) is 2. The summed E-state index contributed by atoms with van der Waals surface area (Å²) in [4.78, 5) is 23.4. The molecule has 25 heavy (non-hydrogen) atoms. The summed E-state index contributed by atoms with van der Waals surface area (Å²) in [5.74, 6) is 1.91. The molecule has 0 spiro atoms. The Morgan fingerprint density at radius 2 is 2.24 bits per heavy atom. The van der Waals surface area contributed by atoms with Crippen molar-refractivity contribution in [3.05, 3.63) is 30.0 Å². The second-order valence-electron chi connectivity index (χ2n) is 5.87. The monoisotopic (exact) mass is 363 g/mol. The lowest BCUT2D eigenvalue weighted by atomic mass is 10.3. The molecule has 0 aliphatic heterocycles. The summed E-state index contributed by atoms with van der Waals surface area (Å²) >= 11 is 1.26. The Balaban J connectivity index is 1.60. The van der Waals surface area contributed by atoms with E-state index in [-0.39, 0.29) is 11.7 Å². The number of hydrogen-bond acceptors (Lipinski definition) is 6. The Morgan fingerprint density at radius 3 is 2.92 bits per heavy atom. The lowest BCUT2D eigenvalue weighted by molar-refractivity contribution is -0.117. The van der Waals surface area contributed by atoms with Crippen LogP contribution < -0.4 is 10.6 Å². The fourth-order valence-electron chi connectivity index (χ4n) is 2.33. The van der Waals surface area contributed by atoms with Crippen molar-refractivity contribution in [3.8, 4) is 0 Å². The van der Waals surface area contributed by atoms with Gasteiger partial charge in [0, 0.05) is 12.5 Å². The molecular formula is C16H21N5O3S. The molecule has 3 rings (SSSR count). The third-order valence-corrected chi connectivity index (χ3v) is 4.67. The van der Waals surface area contributed by atoms with Crippen LogP contribution in [0, 0.1) is 0 Å². The van der Waals surface area contributed by atoms with Gasteiger partial charge in [-0.1, -0.05) is 18.7 Å². The van der Waals surface area contributed by atoms with Crippen molar-refractivity contribution in [1.29, 1.82) is 0 Å². The van der Waals surface area contributed by atoms with E-state index in [1.54, 1.807) is 6.26 Å². The number of carbonyl (C=O) groups excluding carboxylic acids is 2. The largest absolute Gasteiger partial charge is 0.467 e. The van der Waals surface area contributed by atoms with Gasteiger partial charge >= 0.3 is 6.03 Å². The molecule has 2 heterocycles. The first-order valence-electron chi connectivity index (χ1n) is 8.33. The molecule has 0 bridgehead atoms. The fraction of sp³-hybridized carbons (Fsp3) is 0.500. The first kappa shape index (κ1) is 17.5. The van der Waals surface area contributed by atoms with Gasteiger partial charge in [-0.25, -0.2) is 4.79 Å². The lowest BCUT2D eigenvalue weighted by Gasteiger charge is -2.08. The molecule has 2 aromatic heterocycles. The number of thioether (sulfide) groups is 1. The first-order valence-corrected chi connectivity index (χ1v) is 9.32. The van der Waals surface area contributed by atoms with E-state index in [2.05, 4.69) is 20.8 Å². The van der Waals surface area contributed by atoms with Crippen LogP contribution in [0.4, 0.5) is 4.79 Å². The molecule has 0 aromatic carbocycles. The smallest absolute Gasteiger partial charge is 0.321 e. The van der Waals surface area contributed by atoms with Crippen LogP contribution >= 0.6 is 11.8 Å². The van der Waals surface area contributed by atoms with Gasteiger partial charge in [0.15, 0.2) is 5.16 Å². The van der Waals surface area contributed by atoms with Gasteiger partial charge in [0.05, 0.1) is 18.6 Å². The van der Waals surface area contributed by atoms with Gasteiger partial charge in [0.2, 0.25) is 5.91 Å². The average Bonchev–Trinajstić information content (AvgIpc) is 3.16. The SMILES string of the molecule is CCCNC(=O)NC(=O)CSc1nnc(C2CC2)n1Cc1ccco1. The molecule has 1 fully saturated rings. The average molecular weight is 363 g/mol. The van der Waals surface area contributed by atoms with E-state index in [0.29, 0.717) is 24.2 Å². The first-order chi connectivity index (χ1) is 12.2. The summed E-state index contributed by atoms with van der Waals surface area (Å²) < 4.78 is 7.41. The van der Waals surface area contributed by atoms with Gasteiger partial charge in [0.1, 0.15) is 11.6 Å². The highest BCUT2D eigenvalue weighted by molar-refractivity contribution is 7.99. The normalized spacial score (nSPS) is 13.6. The summed E-state index contributed by atoms with van der Waals surface area (Å²) in [7, 11) is 0. The summed E-state index contributed by atoms with van der Waals surface area (Å²) in [6, 6.07) is 3.27. The molecule has 9 heteroatoms. The molecule has 1 aliphatic rings. The van der Waals surface area contributed by atoms with Gasteiger partial charge in [0.25, 0.3) is 0 Å². The van der Waals surface area contributed by atoms with Crippen LogP contribution in [-0.4, -0.2) is 39.0 Å². The van der Waals surface area contributed by atoms with Crippen LogP contribution in [0.25, 0.3) is 0 Å². The number of nitrogens with one attached hydrogen (secondary N) is 2. The second kappa shape index (κ2) is 8.19. The minimum absolute atomic E-state index is 0.0977. The van der Waals surface area contributed by atoms with Crippen LogP contribution in [0.15, 0.2) is 28.0 Å². The van der Waals surface area contributed by atoms with E-state index in [0.717, 1.165) is 30.8 Å². The number of nitrogens with zero attached hydrogens (tertiary/aromatic N) is 3. The van der Waals surface area contributed by atoms with E-state index < -0.39 is 6.03 Å². The highest BCUT2D eigenvalue weighted by atomic mass is 32.2. The quantitative estimate of drug-likeness (QED) is 0.697. The Hall–Kier alpha value is -2.29. The van der Waals surface area contributed by atoms with E-state index in [9.17, 15) is 9.59 Å². The van der Waals surface area contributed by atoms with Crippen molar-refractivity contribution in [2.24, 2.45) is 0 Å². The molecule has 3 amide bonds. The number of furan rings is 1. The van der Waals surface area contributed by atoms with Crippen LogP contribution in [0.3, 0.4) is 0 Å². The topological polar surface area (TPSA) is 102 Å². The van der Waals surface area contributed by atoms with E-state index in [1.165, 1.54) is 11.8 Å².